The highest BCUT2D eigenvalue weighted by Crippen LogP contribution is 2.09. The second kappa shape index (κ2) is 6.48. The molecule has 21 heavy (non-hydrogen) atoms. The van der Waals surface area contributed by atoms with E-state index in [2.05, 4.69) is 16.6 Å². The van der Waals surface area contributed by atoms with E-state index in [-0.39, 0.29) is 17.0 Å². The van der Waals surface area contributed by atoms with E-state index in [1.165, 1.54) is 30.3 Å². The van der Waals surface area contributed by atoms with Crippen LogP contribution in [0.25, 0.3) is 0 Å². The van der Waals surface area contributed by atoms with Gasteiger partial charge in [0.05, 0.1) is 17.0 Å². The van der Waals surface area contributed by atoms with E-state index in [0.29, 0.717) is 0 Å². The zero-order valence-electron chi connectivity index (χ0n) is 10.8. The highest BCUT2D eigenvalue weighted by molar-refractivity contribution is 7.89. The van der Waals surface area contributed by atoms with Crippen molar-refractivity contribution in [1.82, 2.24) is 4.72 Å². The van der Waals surface area contributed by atoms with Crippen molar-refractivity contribution in [2.75, 3.05) is 6.54 Å². The lowest BCUT2D eigenvalue weighted by Crippen LogP contribution is -2.24. The van der Waals surface area contributed by atoms with Crippen molar-refractivity contribution in [3.8, 4) is 11.8 Å². The zero-order chi connectivity index (χ0) is 15.3. The zero-order valence-corrected chi connectivity index (χ0v) is 11.6. The maximum absolute atomic E-state index is 13.3. The quantitative estimate of drug-likeness (QED) is 0.885. The molecule has 0 saturated heterocycles. The molecule has 3 nitrogen and oxygen atoms in total. The van der Waals surface area contributed by atoms with Crippen LogP contribution in [0.4, 0.5) is 8.78 Å². The lowest BCUT2D eigenvalue weighted by atomic mass is 10.2. The molecule has 0 spiro atoms. The highest BCUT2D eigenvalue weighted by atomic mass is 32.2. The lowest BCUT2D eigenvalue weighted by Gasteiger charge is -2.03. The van der Waals surface area contributed by atoms with Gasteiger partial charge in [0.15, 0.2) is 0 Å². The van der Waals surface area contributed by atoms with Crippen molar-refractivity contribution < 1.29 is 17.2 Å². The first-order chi connectivity index (χ1) is 9.99. The maximum atomic E-state index is 13.3. The summed E-state index contributed by atoms with van der Waals surface area (Å²) < 4.78 is 52.2. The molecule has 0 atom stereocenters. The first kappa shape index (κ1) is 15.2. The van der Waals surface area contributed by atoms with E-state index in [1.807, 2.05) is 0 Å². The van der Waals surface area contributed by atoms with Gasteiger partial charge in [-0.1, -0.05) is 30.0 Å². The predicted molar refractivity (Wildman–Crippen MR) is 74.9 cm³/mol. The molecule has 0 aliphatic rings. The molecule has 2 aromatic rings. The molecule has 108 valence electrons. The predicted octanol–water partition coefficient (Wildman–Crippen LogP) is 2.29. The van der Waals surface area contributed by atoms with Gasteiger partial charge < -0.3 is 0 Å². The van der Waals surface area contributed by atoms with Crippen LogP contribution in [0, 0.1) is 23.5 Å². The molecule has 0 bridgehead atoms. The third kappa shape index (κ3) is 4.12. The molecule has 0 fully saturated rings. The van der Waals surface area contributed by atoms with E-state index in [4.69, 9.17) is 0 Å². The van der Waals surface area contributed by atoms with Gasteiger partial charge in [-0.3, -0.25) is 0 Å². The molecule has 0 aromatic heterocycles. The highest BCUT2D eigenvalue weighted by Gasteiger charge is 2.12. The fourth-order valence-corrected chi connectivity index (χ4v) is 2.50. The summed E-state index contributed by atoms with van der Waals surface area (Å²) >= 11 is 0. The summed E-state index contributed by atoms with van der Waals surface area (Å²) in [6, 6.07) is 10.6. The maximum Gasteiger partial charge on any atom is 0.241 e. The van der Waals surface area contributed by atoms with E-state index in [9.17, 15) is 17.2 Å². The molecule has 0 radical (unpaired) electrons. The number of halogens is 2. The van der Waals surface area contributed by atoms with Crippen molar-refractivity contribution in [2.45, 2.75) is 4.90 Å². The van der Waals surface area contributed by atoms with Crippen LogP contribution in [0.3, 0.4) is 0 Å². The summed E-state index contributed by atoms with van der Waals surface area (Å²) in [4.78, 5) is -0.185. The molecular formula is C15H11F2NO2S. The second-order valence-corrected chi connectivity index (χ2v) is 5.83. The van der Waals surface area contributed by atoms with Crippen LogP contribution in [0.2, 0.25) is 0 Å². The van der Waals surface area contributed by atoms with Crippen molar-refractivity contribution in [3.63, 3.8) is 0 Å². The molecule has 0 heterocycles. The molecule has 0 amide bonds. The average Bonchev–Trinajstić information content (AvgIpc) is 2.45. The van der Waals surface area contributed by atoms with Gasteiger partial charge in [-0.15, -0.1) is 0 Å². The van der Waals surface area contributed by atoms with Crippen LogP contribution in [-0.2, 0) is 10.0 Å². The summed E-state index contributed by atoms with van der Waals surface area (Å²) in [5, 5.41) is 0. The standard InChI is InChI=1S/C15H11F2NO2S/c16-13-7-3-8-14(11-13)21(19,20)18-10-4-6-12-5-1-2-9-15(12)17/h1-3,5,7-9,11,18H,10H2. The van der Waals surface area contributed by atoms with Gasteiger partial charge in [-0.05, 0) is 30.3 Å². The third-order valence-electron chi connectivity index (χ3n) is 2.55. The van der Waals surface area contributed by atoms with Gasteiger partial charge in [-0.2, -0.15) is 4.72 Å². The largest absolute Gasteiger partial charge is 0.241 e. The molecule has 0 unspecified atom stereocenters. The SMILES string of the molecule is O=S(=O)(NCC#Cc1ccccc1F)c1cccc(F)c1. The normalized spacial score (nSPS) is 10.8. The first-order valence-corrected chi connectivity index (χ1v) is 7.46. The van der Waals surface area contributed by atoms with Gasteiger partial charge in [0.25, 0.3) is 0 Å². The first-order valence-electron chi connectivity index (χ1n) is 5.98. The lowest BCUT2D eigenvalue weighted by molar-refractivity contribution is 0.582. The van der Waals surface area contributed by atoms with E-state index >= 15 is 0 Å². The Bertz CT molecular complexity index is 808. The van der Waals surface area contributed by atoms with Crippen molar-refractivity contribution in [3.05, 3.63) is 65.7 Å². The van der Waals surface area contributed by atoms with Gasteiger partial charge in [0.1, 0.15) is 11.6 Å². The molecule has 2 rings (SSSR count). The van der Waals surface area contributed by atoms with E-state index in [0.717, 1.165) is 12.1 Å². The van der Waals surface area contributed by atoms with E-state index in [1.54, 1.807) is 6.07 Å². The van der Waals surface area contributed by atoms with Crippen LogP contribution in [0.15, 0.2) is 53.4 Å². The summed E-state index contributed by atoms with van der Waals surface area (Å²) in [5.74, 6) is 3.91. The number of benzene rings is 2. The Labute approximate surface area is 121 Å². The van der Waals surface area contributed by atoms with Gasteiger partial charge >= 0.3 is 0 Å². The average molecular weight is 307 g/mol. The summed E-state index contributed by atoms with van der Waals surface area (Å²) in [7, 11) is -3.83. The van der Waals surface area contributed by atoms with Gasteiger partial charge in [0.2, 0.25) is 10.0 Å². The Morgan fingerprint density at radius 1 is 1.05 bits per heavy atom. The molecule has 2 aromatic carbocycles. The molecule has 1 N–H and O–H groups in total. The van der Waals surface area contributed by atoms with Gasteiger partial charge in [-0.25, -0.2) is 17.2 Å². The van der Waals surface area contributed by atoms with Crippen LogP contribution < -0.4 is 4.72 Å². The minimum absolute atomic E-state index is 0.183. The molecule has 0 aliphatic heterocycles. The Morgan fingerprint density at radius 2 is 1.81 bits per heavy atom. The molecule has 0 saturated carbocycles. The molecule has 6 heteroatoms. The Kier molecular flexibility index (Phi) is 4.68. The smallest absolute Gasteiger partial charge is 0.207 e. The molecule has 0 aliphatic carbocycles. The van der Waals surface area contributed by atoms with Crippen molar-refractivity contribution >= 4 is 10.0 Å². The van der Waals surface area contributed by atoms with Crippen molar-refractivity contribution in [2.24, 2.45) is 0 Å². The second-order valence-electron chi connectivity index (χ2n) is 4.06. The Morgan fingerprint density at radius 3 is 2.52 bits per heavy atom. The topological polar surface area (TPSA) is 46.2 Å². The number of sulfonamides is 1. The number of hydrogen-bond acceptors (Lipinski definition) is 2. The summed E-state index contributed by atoms with van der Waals surface area (Å²) in [6.07, 6.45) is 0. The number of hydrogen-bond donors (Lipinski definition) is 1. The minimum Gasteiger partial charge on any atom is -0.207 e. The van der Waals surface area contributed by atoms with Crippen LogP contribution in [0.1, 0.15) is 5.56 Å². The van der Waals surface area contributed by atoms with Gasteiger partial charge in [0, 0.05) is 0 Å². The van der Waals surface area contributed by atoms with Crippen molar-refractivity contribution in [1.29, 1.82) is 0 Å². The number of rotatable bonds is 3. The Hall–Kier alpha value is -2.23. The van der Waals surface area contributed by atoms with Crippen LogP contribution in [0.5, 0.6) is 0 Å². The molecular weight excluding hydrogens is 296 g/mol. The minimum atomic E-state index is -3.83. The monoisotopic (exact) mass is 307 g/mol. The Balaban J connectivity index is 2.06. The third-order valence-corrected chi connectivity index (χ3v) is 3.95. The van der Waals surface area contributed by atoms with E-state index < -0.39 is 21.7 Å². The fraction of sp³-hybridized carbons (Fsp3) is 0.0667. The summed E-state index contributed by atoms with van der Waals surface area (Å²) in [5.41, 5.74) is 0.183. The van der Waals surface area contributed by atoms with Crippen LogP contribution >= 0.6 is 0 Å². The number of nitrogens with one attached hydrogen (secondary N) is 1. The fourth-order valence-electron chi connectivity index (χ4n) is 1.55. The van der Waals surface area contributed by atoms with Crippen LogP contribution in [-0.4, -0.2) is 15.0 Å². The summed E-state index contributed by atoms with van der Waals surface area (Å²) in [6.45, 7) is -0.201.